The van der Waals surface area contributed by atoms with Gasteiger partial charge < -0.3 is 10.4 Å². The van der Waals surface area contributed by atoms with Gasteiger partial charge >= 0.3 is 0 Å². The van der Waals surface area contributed by atoms with Gasteiger partial charge in [0, 0.05) is 32.7 Å². The zero-order valence-corrected chi connectivity index (χ0v) is 15.8. The van der Waals surface area contributed by atoms with E-state index in [-0.39, 0.29) is 5.92 Å². The number of para-hydroxylation sites is 1. The molecule has 0 amide bonds. The molecule has 24 heavy (non-hydrogen) atoms. The minimum atomic E-state index is 0.212. The number of aryl methyl sites for hydroxylation is 2. The summed E-state index contributed by atoms with van der Waals surface area (Å²) in [6.07, 6.45) is 2.69. The van der Waals surface area contributed by atoms with Crippen LogP contribution in [0.5, 0.6) is 0 Å². The van der Waals surface area contributed by atoms with Crippen molar-refractivity contribution in [3.63, 3.8) is 0 Å². The van der Waals surface area contributed by atoms with Crippen LogP contribution < -0.4 is 0 Å². The minimum absolute atomic E-state index is 0.212. The second kappa shape index (κ2) is 7.35. The van der Waals surface area contributed by atoms with Gasteiger partial charge in [-0.2, -0.15) is 0 Å². The van der Waals surface area contributed by atoms with Crippen LogP contribution in [0.2, 0.25) is 0 Å². The minimum Gasteiger partial charge on any atom is -0.358 e. The zero-order valence-electron chi connectivity index (χ0n) is 14.2. The Kier molecular flexibility index (Phi) is 5.20. The predicted molar refractivity (Wildman–Crippen MR) is 106 cm³/mol. The van der Waals surface area contributed by atoms with E-state index in [4.69, 9.17) is 5.41 Å². The normalized spacial score (nSPS) is 12.5. The Labute approximate surface area is 151 Å². The quantitative estimate of drug-likeness (QED) is 0.464. The van der Waals surface area contributed by atoms with E-state index in [1.165, 1.54) is 27.7 Å². The summed E-state index contributed by atoms with van der Waals surface area (Å²) in [6.45, 7) is 4.29. The number of hydrogen-bond donors (Lipinski definition) is 2. The molecule has 0 radical (unpaired) electrons. The molecule has 2 nitrogen and oxygen atoms in total. The second-order valence-electron chi connectivity index (χ2n) is 6.31. The van der Waals surface area contributed by atoms with Crippen molar-refractivity contribution in [1.29, 1.82) is 5.41 Å². The molecule has 0 spiro atoms. The lowest BCUT2D eigenvalue weighted by molar-refractivity contribution is 0.807. The highest BCUT2D eigenvalue weighted by atomic mass is 79.9. The Morgan fingerprint density at radius 3 is 2.54 bits per heavy atom. The number of H-pyrrole nitrogens is 1. The largest absolute Gasteiger partial charge is 0.358 e. The van der Waals surface area contributed by atoms with E-state index in [0.29, 0.717) is 0 Å². The fourth-order valence-corrected chi connectivity index (χ4v) is 3.73. The van der Waals surface area contributed by atoms with E-state index in [2.05, 4.69) is 83.3 Å². The lowest BCUT2D eigenvalue weighted by atomic mass is 9.88. The Balaban J connectivity index is 1.76. The molecular weight excluding hydrogens is 360 g/mol. The molecule has 124 valence electrons. The molecule has 0 aliphatic carbocycles. The van der Waals surface area contributed by atoms with Crippen molar-refractivity contribution in [3.05, 3.63) is 69.8 Å². The van der Waals surface area contributed by atoms with Gasteiger partial charge in [-0.15, -0.1) is 0 Å². The first-order chi connectivity index (χ1) is 11.6. The van der Waals surface area contributed by atoms with Crippen molar-refractivity contribution in [2.24, 2.45) is 0 Å². The van der Waals surface area contributed by atoms with Crippen LogP contribution in [0.1, 0.15) is 42.5 Å². The van der Waals surface area contributed by atoms with Gasteiger partial charge in [0.2, 0.25) is 0 Å². The molecule has 0 saturated heterocycles. The fourth-order valence-electron chi connectivity index (χ4n) is 3.47. The van der Waals surface area contributed by atoms with Gasteiger partial charge in [0.05, 0.1) is 0 Å². The maximum atomic E-state index is 8.60. The maximum absolute atomic E-state index is 8.60. The zero-order chi connectivity index (χ0) is 17.1. The van der Waals surface area contributed by atoms with Crippen LogP contribution in [0.3, 0.4) is 0 Å². The lowest BCUT2D eigenvalue weighted by Crippen LogP contribution is -2.12. The molecule has 3 aromatic rings. The predicted octanol–water partition coefficient (Wildman–Crippen LogP) is 6.38. The first-order valence-corrected chi connectivity index (χ1v) is 9.28. The topological polar surface area (TPSA) is 39.6 Å². The molecule has 0 saturated carbocycles. The van der Waals surface area contributed by atoms with Crippen molar-refractivity contribution < 1.29 is 0 Å². The highest BCUT2D eigenvalue weighted by Gasteiger charge is 2.16. The van der Waals surface area contributed by atoms with Crippen LogP contribution in [-0.2, 0) is 6.42 Å². The van der Waals surface area contributed by atoms with Crippen LogP contribution in [0.4, 0.5) is 0 Å². The van der Waals surface area contributed by atoms with Crippen molar-refractivity contribution in [2.75, 3.05) is 0 Å². The van der Waals surface area contributed by atoms with E-state index in [0.717, 1.165) is 29.4 Å². The Bertz CT molecular complexity index is 846. The first-order valence-electron chi connectivity index (χ1n) is 8.49. The van der Waals surface area contributed by atoms with Crippen LogP contribution in [0.15, 0.2) is 53.0 Å². The van der Waals surface area contributed by atoms with Gasteiger partial charge in [-0.3, -0.25) is 0 Å². The summed E-state index contributed by atoms with van der Waals surface area (Å²) in [4.78, 5) is 3.46. The smallest absolute Gasteiger partial charge is 0.0458 e. The number of halogens is 1. The summed E-state index contributed by atoms with van der Waals surface area (Å²) in [6, 6.07) is 16.8. The average molecular weight is 383 g/mol. The Morgan fingerprint density at radius 1 is 1.12 bits per heavy atom. The van der Waals surface area contributed by atoms with Crippen molar-refractivity contribution >= 4 is 32.5 Å². The molecule has 0 bridgehead atoms. The van der Waals surface area contributed by atoms with Crippen LogP contribution in [-0.4, -0.2) is 10.7 Å². The van der Waals surface area contributed by atoms with Crippen molar-refractivity contribution in [2.45, 2.75) is 39.0 Å². The molecule has 0 aliphatic heterocycles. The van der Waals surface area contributed by atoms with E-state index in [1.54, 1.807) is 0 Å². The molecule has 1 heterocycles. The molecule has 0 fully saturated rings. The van der Waals surface area contributed by atoms with E-state index in [1.807, 2.05) is 0 Å². The van der Waals surface area contributed by atoms with Gasteiger partial charge in [0.25, 0.3) is 0 Å². The number of aromatic amines is 1. The van der Waals surface area contributed by atoms with Crippen LogP contribution >= 0.6 is 15.9 Å². The molecule has 1 aromatic heterocycles. The molecule has 1 unspecified atom stereocenters. The molecule has 1 atom stereocenters. The summed E-state index contributed by atoms with van der Waals surface area (Å²) in [5.41, 5.74) is 5.82. The first kappa shape index (κ1) is 17.0. The van der Waals surface area contributed by atoms with Gasteiger partial charge in [-0.05, 0) is 55.5 Å². The van der Waals surface area contributed by atoms with Crippen molar-refractivity contribution in [1.82, 2.24) is 4.98 Å². The van der Waals surface area contributed by atoms with Gasteiger partial charge in [0.1, 0.15) is 0 Å². The monoisotopic (exact) mass is 382 g/mol. The molecule has 3 heteroatoms. The van der Waals surface area contributed by atoms with E-state index >= 15 is 0 Å². The molecule has 2 N–H and O–H groups in total. The highest BCUT2D eigenvalue weighted by molar-refractivity contribution is 9.10. The summed E-state index contributed by atoms with van der Waals surface area (Å²) in [5, 5.41) is 9.89. The number of fused-ring (bicyclic) bond motifs is 1. The van der Waals surface area contributed by atoms with E-state index in [9.17, 15) is 0 Å². The third kappa shape index (κ3) is 3.46. The average Bonchev–Trinajstić information content (AvgIpc) is 2.90. The van der Waals surface area contributed by atoms with E-state index < -0.39 is 0 Å². The molecule has 2 aromatic carbocycles. The number of aromatic nitrogens is 1. The fraction of sp³-hybridized carbons (Fsp3) is 0.286. The highest BCUT2D eigenvalue weighted by Crippen LogP contribution is 2.27. The van der Waals surface area contributed by atoms with Crippen molar-refractivity contribution in [3.8, 4) is 0 Å². The van der Waals surface area contributed by atoms with Gasteiger partial charge in [-0.25, -0.2) is 0 Å². The molecular formula is C21H23BrN2. The second-order valence-corrected chi connectivity index (χ2v) is 7.23. The van der Waals surface area contributed by atoms with Crippen LogP contribution in [0.25, 0.3) is 10.9 Å². The Hall–Kier alpha value is -1.87. The molecule has 0 aliphatic rings. The van der Waals surface area contributed by atoms with Crippen LogP contribution in [0, 0.1) is 12.3 Å². The summed E-state index contributed by atoms with van der Waals surface area (Å²) >= 11 is 3.48. The SMILES string of the molecule is CCC(C(=N)CCc1c(C)[nH]c2ccccc12)c1ccc(Br)cc1. The summed E-state index contributed by atoms with van der Waals surface area (Å²) in [7, 11) is 0. The number of hydrogen-bond acceptors (Lipinski definition) is 1. The van der Waals surface area contributed by atoms with Gasteiger partial charge in [-0.1, -0.05) is 53.2 Å². The number of nitrogens with one attached hydrogen (secondary N) is 2. The number of rotatable bonds is 6. The summed E-state index contributed by atoms with van der Waals surface area (Å²) < 4.78 is 1.09. The lowest BCUT2D eigenvalue weighted by Gasteiger charge is -2.17. The third-order valence-corrected chi connectivity index (χ3v) is 5.30. The summed E-state index contributed by atoms with van der Waals surface area (Å²) in [5.74, 6) is 0.212. The van der Waals surface area contributed by atoms with Gasteiger partial charge in [0.15, 0.2) is 0 Å². The third-order valence-electron chi connectivity index (χ3n) is 4.77. The standard InChI is InChI=1S/C21H23BrN2/c1-3-17(15-8-10-16(22)11-9-15)20(23)13-12-18-14(2)24-21-7-5-4-6-19(18)21/h4-11,17,23-24H,3,12-13H2,1-2H3. The molecule has 3 rings (SSSR count). The maximum Gasteiger partial charge on any atom is 0.0458 e. The Morgan fingerprint density at radius 2 is 1.83 bits per heavy atom. The number of benzene rings is 2.